The number of aromatic nitrogens is 1. The minimum Gasteiger partial charge on any atom is -0.340 e. The largest absolute Gasteiger partial charge is 0.340 e. The van der Waals surface area contributed by atoms with Crippen LogP contribution in [-0.2, 0) is 0 Å². The lowest BCUT2D eigenvalue weighted by atomic mass is 10.5. The van der Waals surface area contributed by atoms with Crippen LogP contribution in [0.5, 0.6) is 0 Å². The predicted octanol–water partition coefficient (Wildman–Crippen LogP) is 0.689. The molecule has 0 spiro atoms. The lowest BCUT2D eigenvalue weighted by molar-refractivity contribution is 0.243. The smallest absolute Gasteiger partial charge is 0.328 e. The standard InChI is InChI=1S/C7H7ClN2O2/c1-9-7(12)10-4-5(8)2-3-6(10)11/h2-4H,1H3,(H,9,12). The van der Waals surface area contributed by atoms with Crippen LogP contribution in [0.4, 0.5) is 4.79 Å². The molecule has 1 amide bonds. The van der Waals surface area contributed by atoms with Crippen LogP contribution in [0.15, 0.2) is 23.1 Å². The highest BCUT2D eigenvalue weighted by Gasteiger charge is 2.03. The molecular weight excluding hydrogens is 180 g/mol. The van der Waals surface area contributed by atoms with Crippen LogP contribution in [0, 0.1) is 0 Å². The molecule has 1 rings (SSSR count). The number of nitrogens with zero attached hydrogens (tertiary/aromatic N) is 1. The number of nitrogens with one attached hydrogen (secondary N) is 1. The number of carbonyl (C=O) groups is 1. The summed E-state index contributed by atoms with van der Waals surface area (Å²) in [6, 6.07) is 2.17. The zero-order valence-corrected chi connectivity index (χ0v) is 7.13. The Kier molecular flexibility index (Phi) is 2.50. The fourth-order valence-corrected chi connectivity index (χ4v) is 0.901. The quantitative estimate of drug-likeness (QED) is 0.648. The van der Waals surface area contributed by atoms with E-state index in [4.69, 9.17) is 11.6 Å². The first-order chi connectivity index (χ1) is 5.65. The summed E-state index contributed by atoms with van der Waals surface area (Å²) in [7, 11) is 1.44. The summed E-state index contributed by atoms with van der Waals surface area (Å²) in [6.07, 6.45) is 1.27. The van der Waals surface area contributed by atoms with E-state index in [-0.39, 0.29) is 0 Å². The topological polar surface area (TPSA) is 51.1 Å². The summed E-state index contributed by atoms with van der Waals surface area (Å²) in [5, 5.41) is 2.66. The Bertz CT molecular complexity index is 359. The number of hydrogen-bond donors (Lipinski definition) is 1. The van der Waals surface area contributed by atoms with Crippen LogP contribution < -0.4 is 10.9 Å². The fourth-order valence-electron chi connectivity index (χ4n) is 0.740. The molecular formula is C7H7ClN2O2. The van der Waals surface area contributed by atoms with E-state index in [0.29, 0.717) is 5.02 Å². The van der Waals surface area contributed by atoms with Crippen LogP contribution in [0.2, 0.25) is 5.02 Å². The number of carbonyl (C=O) groups excluding carboxylic acids is 1. The van der Waals surface area contributed by atoms with Crippen molar-refractivity contribution < 1.29 is 4.79 Å². The van der Waals surface area contributed by atoms with E-state index in [9.17, 15) is 9.59 Å². The summed E-state index contributed by atoms with van der Waals surface area (Å²) in [6.45, 7) is 0. The van der Waals surface area contributed by atoms with Crippen molar-refractivity contribution >= 4 is 17.6 Å². The van der Waals surface area contributed by atoms with E-state index < -0.39 is 11.6 Å². The van der Waals surface area contributed by atoms with Crippen molar-refractivity contribution in [1.82, 2.24) is 9.88 Å². The van der Waals surface area contributed by atoms with Crippen molar-refractivity contribution in [1.29, 1.82) is 0 Å². The van der Waals surface area contributed by atoms with Crippen molar-refractivity contribution in [3.05, 3.63) is 33.7 Å². The van der Waals surface area contributed by atoms with E-state index in [0.717, 1.165) is 4.57 Å². The molecule has 1 N–H and O–H groups in total. The molecule has 5 heteroatoms. The third-order valence-corrected chi connectivity index (χ3v) is 1.53. The molecule has 1 aromatic heterocycles. The molecule has 1 aromatic rings. The second kappa shape index (κ2) is 3.40. The van der Waals surface area contributed by atoms with Gasteiger partial charge in [-0.25, -0.2) is 9.36 Å². The minimum atomic E-state index is -0.498. The first-order valence-corrected chi connectivity index (χ1v) is 3.63. The SMILES string of the molecule is CNC(=O)n1cc(Cl)ccc1=O. The molecule has 0 aliphatic carbocycles. The molecule has 0 fully saturated rings. The van der Waals surface area contributed by atoms with E-state index in [1.165, 1.54) is 25.4 Å². The van der Waals surface area contributed by atoms with Gasteiger partial charge in [0.25, 0.3) is 5.56 Å². The third-order valence-electron chi connectivity index (χ3n) is 1.31. The molecule has 0 atom stereocenters. The zero-order chi connectivity index (χ0) is 9.14. The van der Waals surface area contributed by atoms with Crippen molar-refractivity contribution in [2.24, 2.45) is 0 Å². The van der Waals surface area contributed by atoms with Gasteiger partial charge in [0.1, 0.15) is 0 Å². The van der Waals surface area contributed by atoms with Crippen LogP contribution >= 0.6 is 11.6 Å². The Morgan fingerprint density at radius 2 is 2.25 bits per heavy atom. The minimum absolute atomic E-state index is 0.346. The number of rotatable bonds is 0. The fraction of sp³-hybridized carbons (Fsp3) is 0.143. The predicted molar refractivity (Wildman–Crippen MR) is 45.6 cm³/mol. The Labute approximate surface area is 73.8 Å². The zero-order valence-electron chi connectivity index (χ0n) is 6.37. The number of halogens is 1. The van der Waals surface area contributed by atoms with Gasteiger partial charge < -0.3 is 5.32 Å². The second-order valence-electron chi connectivity index (χ2n) is 2.11. The van der Waals surface area contributed by atoms with Gasteiger partial charge in [0.2, 0.25) is 0 Å². The van der Waals surface area contributed by atoms with Gasteiger partial charge in [0.05, 0.1) is 5.02 Å². The monoisotopic (exact) mass is 186 g/mol. The van der Waals surface area contributed by atoms with E-state index in [1.54, 1.807) is 0 Å². The maximum absolute atomic E-state index is 11.0. The highest BCUT2D eigenvalue weighted by Crippen LogP contribution is 2.02. The van der Waals surface area contributed by atoms with Crippen molar-refractivity contribution in [2.45, 2.75) is 0 Å². The molecule has 0 saturated heterocycles. The molecule has 0 unspecified atom stereocenters. The Balaban J connectivity index is 3.23. The number of hydrogen-bond acceptors (Lipinski definition) is 2. The molecule has 12 heavy (non-hydrogen) atoms. The molecule has 0 radical (unpaired) electrons. The number of pyridine rings is 1. The van der Waals surface area contributed by atoms with Gasteiger partial charge in [-0.15, -0.1) is 0 Å². The van der Waals surface area contributed by atoms with Crippen LogP contribution in [-0.4, -0.2) is 17.6 Å². The first kappa shape index (κ1) is 8.80. The van der Waals surface area contributed by atoms with Crippen LogP contribution in [0.1, 0.15) is 0 Å². The summed E-state index contributed by atoms with van der Waals surface area (Å²) < 4.78 is 0.905. The molecule has 0 aliphatic heterocycles. The average Bonchev–Trinajstić information content (AvgIpc) is 2.08. The van der Waals surface area contributed by atoms with E-state index >= 15 is 0 Å². The van der Waals surface area contributed by atoms with Gasteiger partial charge in [0, 0.05) is 19.3 Å². The maximum atomic E-state index is 11.0. The van der Waals surface area contributed by atoms with Crippen LogP contribution in [0.3, 0.4) is 0 Å². The first-order valence-electron chi connectivity index (χ1n) is 3.25. The molecule has 64 valence electrons. The molecule has 1 heterocycles. The molecule has 0 bridgehead atoms. The van der Waals surface area contributed by atoms with Crippen molar-refractivity contribution in [3.8, 4) is 0 Å². The van der Waals surface area contributed by atoms with Gasteiger partial charge in [0.15, 0.2) is 0 Å². The lowest BCUT2D eigenvalue weighted by Gasteiger charge is -2.01. The summed E-state index contributed by atoms with van der Waals surface area (Å²) in [5.41, 5.74) is -0.404. The average molecular weight is 187 g/mol. The molecule has 0 saturated carbocycles. The normalized spacial score (nSPS) is 9.50. The summed E-state index contributed by atoms with van der Waals surface area (Å²) in [4.78, 5) is 22.0. The summed E-state index contributed by atoms with van der Waals surface area (Å²) in [5.74, 6) is 0. The van der Waals surface area contributed by atoms with E-state index in [2.05, 4.69) is 5.32 Å². The Morgan fingerprint density at radius 3 is 2.83 bits per heavy atom. The number of amides is 1. The molecule has 0 aliphatic rings. The van der Waals surface area contributed by atoms with Gasteiger partial charge in [-0.3, -0.25) is 4.79 Å². The van der Waals surface area contributed by atoms with Crippen molar-refractivity contribution in [2.75, 3.05) is 7.05 Å². The molecule has 0 aromatic carbocycles. The molecule has 4 nitrogen and oxygen atoms in total. The summed E-state index contributed by atoms with van der Waals surface area (Å²) >= 11 is 5.58. The van der Waals surface area contributed by atoms with Crippen molar-refractivity contribution in [3.63, 3.8) is 0 Å². The van der Waals surface area contributed by atoms with Gasteiger partial charge >= 0.3 is 6.03 Å². The second-order valence-corrected chi connectivity index (χ2v) is 2.55. The maximum Gasteiger partial charge on any atom is 0.328 e. The third kappa shape index (κ3) is 1.65. The van der Waals surface area contributed by atoms with Gasteiger partial charge in [-0.1, -0.05) is 11.6 Å². The van der Waals surface area contributed by atoms with E-state index in [1.807, 2.05) is 0 Å². The highest BCUT2D eigenvalue weighted by molar-refractivity contribution is 6.30. The Morgan fingerprint density at radius 1 is 1.58 bits per heavy atom. The van der Waals surface area contributed by atoms with Gasteiger partial charge in [-0.2, -0.15) is 0 Å². The highest BCUT2D eigenvalue weighted by atomic mass is 35.5. The van der Waals surface area contributed by atoms with Crippen LogP contribution in [0.25, 0.3) is 0 Å². The lowest BCUT2D eigenvalue weighted by Crippen LogP contribution is -2.33. The Hall–Kier alpha value is -1.29. The van der Waals surface area contributed by atoms with Gasteiger partial charge in [-0.05, 0) is 6.07 Å².